The first-order valence-electron chi connectivity index (χ1n) is 6.18. The van der Waals surface area contributed by atoms with Crippen LogP contribution in [0, 0.1) is 5.92 Å². The Hall–Kier alpha value is -0.610. The Morgan fingerprint density at radius 1 is 1.44 bits per heavy atom. The van der Waals surface area contributed by atoms with Gasteiger partial charge in [-0.3, -0.25) is 0 Å². The predicted octanol–water partition coefficient (Wildman–Crippen LogP) is 2.43. The molecule has 1 aromatic heterocycles. The average molecular weight is 237 g/mol. The van der Waals surface area contributed by atoms with Gasteiger partial charge in [-0.25, -0.2) is 4.98 Å². The van der Waals surface area contributed by atoms with Crippen molar-refractivity contribution < 1.29 is 0 Å². The van der Waals surface area contributed by atoms with E-state index < -0.39 is 0 Å². The Balaban J connectivity index is 1.54. The topological polar surface area (TPSA) is 28.2 Å². The summed E-state index contributed by atoms with van der Waals surface area (Å²) in [5.41, 5.74) is 0. The molecule has 3 rings (SSSR count). The Morgan fingerprint density at radius 3 is 2.81 bits per heavy atom. The summed E-state index contributed by atoms with van der Waals surface area (Å²) in [4.78, 5) is 6.86. The molecule has 0 amide bonds. The molecule has 0 spiro atoms. The number of nitrogens with zero attached hydrogens (tertiary/aromatic N) is 2. The highest BCUT2D eigenvalue weighted by molar-refractivity contribution is 7.13. The number of fused-ring (bicyclic) bond motifs is 2. The van der Waals surface area contributed by atoms with Crippen molar-refractivity contribution in [3.8, 4) is 0 Å². The number of piperidine rings is 1. The summed E-state index contributed by atoms with van der Waals surface area (Å²) in [6.45, 7) is 1.11. The maximum atomic E-state index is 4.27. The van der Waals surface area contributed by atoms with Crippen molar-refractivity contribution in [3.63, 3.8) is 0 Å². The second kappa shape index (κ2) is 4.34. The number of hydrogen-bond donors (Lipinski definition) is 1. The summed E-state index contributed by atoms with van der Waals surface area (Å²) in [6.07, 6.45) is 7.42. The maximum absolute atomic E-state index is 4.27. The second-order valence-corrected chi connectivity index (χ2v) is 6.00. The number of thiazole rings is 1. The van der Waals surface area contributed by atoms with Crippen LogP contribution in [0.25, 0.3) is 0 Å². The third kappa shape index (κ3) is 1.96. The molecule has 3 heterocycles. The molecule has 2 atom stereocenters. The fourth-order valence-corrected chi connectivity index (χ4v) is 3.77. The number of nitrogens with one attached hydrogen (secondary N) is 1. The van der Waals surface area contributed by atoms with E-state index in [1.165, 1.54) is 25.7 Å². The van der Waals surface area contributed by atoms with Gasteiger partial charge >= 0.3 is 0 Å². The lowest BCUT2D eigenvalue weighted by Gasteiger charge is -2.36. The number of rotatable bonds is 3. The van der Waals surface area contributed by atoms with Gasteiger partial charge < -0.3 is 10.2 Å². The molecule has 2 saturated heterocycles. The summed E-state index contributed by atoms with van der Waals surface area (Å²) in [5, 5.41) is 6.57. The van der Waals surface area contributed by atoms with Crippen molar-refractivity contribution in [3.05, 3.63) is 11.6 Å². The van der Waals surface area contributed by atoms with E-state index in [0.29, 0.717) is 0 Å². The van der Waals surface area contributed by atoms with E-state index in [-0.39, 0.29) is 0 Å². The van der Waals surface area contributed by atoms with Crippen LogP contribution in [0.4, 0.5) is 5.13 Å². The Labute approximate surface area is 101 Å². The smallest absolute Gasteiger partial charge is 0.182 e. The Bertz CT molecular complexity index is 324. The first-order chi connectivity index (χ1) is 7.83. The van der Waals surface area contributed by atoms with E-state index in [2.05, 4.69) is 22.2 Å². The van der Waals surface area contributed by atoms with Gasteiger partial charge in [0.05, 0.1) is 0 Å². The summed E-state index contributed by atoms with van der Waals surface area (Å²) in [6, 6.07) is 1.70. The van der Waals surface area contributed by atoms with Crippen LogP contribution in [-0.2, 0) is 0 Å². The van der Waals surface area contributed by atoms with E-state index in [4.69, 9.17) is 0 Å². The van der Waals surface area contributed by atoms with E-state index in [9.17, 15) is 0 Å². The minimum absolute atomic E-state index is 0.845. The lowest BCUT2D eigenvalue weighted by Crippen LogP contribution is -2.41. The third-order valence-corrected chi connectivity index (χ3v) is 4.90. The van der Waals surface area contributed by atoms with Gasteiger partial charge in [0.25, 0.3) is 0 Å². The first kappa shape index (κ1) is 10.5. The number of hydrogen-bond acceptors (Lipinski definition) is 4. The van der Waals surface area contributed by atoms with Crippen molar-refractivity contribution in [1.82, 2.24) is 9.88 Å². The van der Waals surface area contributed by atoms with Crippen LogP contribution in [0.2, 0.25) is 0 Å². The summed E-state index contributed by atoms with van der Waals surface area (Å²) >= 11 is 1.70. The molecule has 2 aliphatic heterocycles. The molecule has 0 radical (unpaired) electrons. The average Bonchev–Trinajstić information content (AvgIpc) is 2.84. The van der Waals surface area contributed by atoms with Crippen LogP contribution in [0.1, 0.15) is 25.7 Å². The van der Waals surface area contributed by atoms with Crippen molar-refractivity contribution in [1.29, 1.82) is 0 Å². The molecule has 0 saturated carbocycles. The summed E-state index contributed by atoms with van der Waals surface area (Å²) in [7, 11) is 2.30. The van der Waals surface area contributed by atoms with Crippen molar-refractivity contribution in [2.45, 2.75) is 37.8 Å². The van der Waals surface area contributed by atoms with Crippen LogP contribution in [-0.4, -0.2) is 35.6 Å². The largest absolute Gasteiger partial charge is 0.361 e. The monoisotopic (exact) mass is 237 g/mol. The fourth-order valence-electron chi connectivity index (χ4n) is 3.23. The van der Waals surface area contributed by atoms with Gasteiger partial charge in [-0.1, -0.05) is 0 Å². The van der Waals surface area contributed by atoms with Crippen molar-refractivity contribution >= 4 is 16.5 Å². The van der Waals surface area contributed by atoms with Gasteiger partial charge in [-0.15, -0.1) is 11.3 Å². The fraction of sp³-hybridized carbons (Fsp3) is 0.750. The third-order valence-electron chi connectivity index (χ3n) is 4.17. The second-order valence-electron chi connectivity index (χ2n) is 5.11. The molecule has 16 heavy (non-hydrogen) atoms. The Kier molecular flexibility index (Phi) is 2.86. The van der Waals surface area contributed by atoms with Crippen molar-refractivity contribution in [2.75, 3.05) is 18.9 Å². The lowest BCUT2D eigenvalue weighted by molar-refractivity contribution is 0.139. The molecular weight excluding hydrogens is 218 g/mol. The quantitative estimate of drug-likeness (QED) is 0.875. The van der Waals surface area contributed by atoms with Gasteiger partial charge in [-0.2, -0.15) is 0 Å². The van der Waals surface area contributed by atoms with Crippen molar-refractivity contribution in [2.24, 2.45) is 5.92 Å². The molecule has 1 aromatic rings. The molecule has 2 fully saturated rings. The minimum Gasteiger partial charge on any atom is -0.361 e. The zero-order chi connectivity index (χ0) is 11.0. The molecule has 0 aliphatic carbocycles. The zero-order valence-electron chi connectivity index (χ0n) is 9.72. The van der Waals surface area contributed by atoms with Crippen LogP contribution in [0.3, 0.4) is 0 Å². The van der Waals surface area contributed by atoms with Crippen LogP contribution < -0.4 is 5.32 Å². The SMILES string of the molecule is CN1C2CCC1CC(CNc1nccs1)C2. The summed E-state index contributed by atoms with van der Waals surface area (Å²) in [5.74, 6) is 0.845. The highest BCUT2D eigenvalue weighted by atomic mass is 32.1. The molecule has 88 valence electrons. The molecule has 3 nitrogen and oxygen atoms in total. The van der Waals surface area contributed by atoms with Crippen LogP contribution >= 0.6 is 11.3 Å². The van der Waals surface area contributed by atoms with Crippen LogP contribution in [0.15, 0.2) is 11.6 Å². The molecule has 2 aliphatic rings. The molecular formula is C12H19N3S. The minimum atomic E-state index is 0.845. The molecule has 2 bridgehead atoms. The number of anilines is 1. The predicted molar refractivity (Wildman–Crippen MR) is 67.9 cm³/mol. The lowest BCUT2D eigenvalue weighted by atomic mass is 9.91. The van der Waals surface area contributed by atoms with Gasteiger partial charge in [0.2, 0.25) is 0 Å². The zero-order valence-corrected chi connectivity index (χ0v) is 10.5. The van der Waals surface area contributed by atoms with Gasteiger partial charge in [0.1, 0.15) is 0 Å². The molecule has 1 N–H and O–H groups in total. The van der Waals surface area contributed by atoms with E-state index in [0.717, 1.165) is 29.7 Å². The van der Waals surface area contributed by atoms with E-state index in [1.807, 2.05) is 11.6 Å². The highest BCUT2D eigenvalue weighted by Gasteiger charge is 2.38. The normalized spacial score (nSPS) is 34.2. The van der Waals surface area contributed by atoms with E-state index in [1.54, 1.807) is 11.3 Å². The molecule has 0 aromatic carbocycles. The van der Waals surface area contributed by atoms with Crippen LogP contribution in [0.5, 0.6) is 0 Å². The Morgan fingerprint density at radius 2 is 2.19 bits per heavy atom. The van der Waals surface area contributed by atoms with Gasteiger partial charge in [-0.05, 0) is 38.6 Å². The van der Waals surface area contributed by atoms with E-state index >= 15 is 0 Å². The maximum Gasteiger partial charge on any atom is 0.182 e. The first-order valence-corrected chi connectivity index (χ1v) is 7.06. The summed E-state index contributed by atoms with van der Waals surface area (Å²) < 4.78 is 0. The van der Waals surface area contributed by atoms with Gasteiger partial charge in [0, 0.05) is 30.2 Å². The van der Waals surface area contributed by atoms with Gasteiger partial charge in [0.15, 0.2) is 5.13 Å². The molecule has 4 heteroatoms. The number of aromatic nitrogens is 1. The molecule has 2 unspecified atom stereocenters. The standard InChI is InChI=1S/C12H19N3S/c1-15-10-2-3-11(15)7-9(6-10)8-14-12-13-4-5-16-12/h4-5,9-11H,2-3,6-8H2,1H3,(H,13,14). The highest BCUT2D eigenvalue weighted by Crippen LogP contribution is 2.37.